The van der Waals surface area contributed by atoms with Crippen LogP contribution in [-0.4, -0.2) is 50.5 Å². The van der Waals surface area contributed by atoms with Crippen LogP contribution in [0.1, 0.15) is 0 Å². The number of hydrogen-bond donors (Lipinski definition) is 2. The maximum absolute atomic E-state index is 13.2. The number of piperazine rings is 1. The maximum atomic E-state index is 13.2. The molecular weight excluding hydrogens is 423 g/mol. The van der Waals surface area contributed by atoms with Crippen molar-refractivity contribution in [2.45, 2.75) is 6.54 Å². The van der Waals surface area contributed by atoms with Crippen molar-refractivity contribution in [2.24, 2.45) is 0 Å². The highest BCUT2D eigenvalue weighted by atomic mass is 19.1. The second-order valence-corrected chi connectivity index (χ2v) is 7.64. The van der Waals surface area contributed by atoms with Gasteiger partial charge in [0, 0.05) is 38.1 Å². The number of rotatable bonds is 6. The van der Waals surface area contributed by atoms with Gasteiger partial charge in [0.05, 0.1) is 6.54 Å². The normalized spacial score (nSPS) is 13.9. The van der Waals surface area contributed by atoms with E-state index >= 15 is 0 Å². The van der Waals surface area contributed by atoms with Gasteiger partial charge >= 0.3 is 0 Å². The third kappa shape index (κ3) is 4.08. The number of nitrogens with one attached hydrogen (secondary N) is 2. The molecule has 1 saturated heterocycles. The van der Waals surface area contributed by atoms with Gasteiger partial charge in [-0.1, -0.05) is 12.1 Å². The maximum Gasteiger partial charge on any atom is 0.278 e. The van der Waals surface area contributed by atoms with Crippen molar-refractivity contribution < 1.29 is 4.39 Å². The fraction of sp³-hybridized carbons (Fsp3) is 0.217. The molecule has 0 amide bonds. The Labute approximate surface area is 189 Å². The zero-order valence-corrected chi connectivity index (χ0v) is 17.9. The van der Waals surface area contributed by atoms with E-state index in [0.29, 0.717) is 22.5 Å². The average molecular weight is 446 g/mol. The van der Waals surface area contributed by atoms with Crippen LogP contribution < -0.4 is 21.1 Å². The lowest BCUT2D eigenvalue weighted by Crippen LogP contribution is -2.44. The summed E-state index contributed by atoms with van der Waals surface area (Å²) in [7, 11) is 0. The second kappa shape index (κ2) is 8.83. The molecule has 0 radical (unpaired) electrons. The van der Waals surface area contributed by atoms with Gasteiger partial charge in [-0.25, -0.2) is 23.7 Å². The Bertz CT molecular complexity index is 1360. The minimum absolute atomic E-state index is 0.229. The predicted molar refractivity (Wildman–Crippen MR) is 126 cm³/mol. The van der Waals surface area contributed by atoms with Crippen LogP contribution in [0.5, 0.6) is 0 Å². The molecule has 168 valence electrons. The fourth-order valence-corrected chi connectivity index (χ4v) is 3.87. The molecule has 1 aromatic carbocycles. The fourth-order valence-electron chi connectivity index (χ4n) is 3.87. The standard InChI is InChI=1S/C23H23FN8O/c1-2-12-31-22(33)18-15-26-23(27-17-8-6-16(24)7-9-17)29-21(18)32(31)20-5-3-4-19(28-20)30-13-10-25-11-14-30/h2-9,15,25H,1,10-14H2,(H,26,27,29). The molecular formula is C23H23FN8O. The Morgan fingerprint density at radius 3 is 2.61 bits per heavy atom. The molecule has 0 saturated carbocycles. The second-order valence-electron chi connectivity index (χ2n) is 7.64. The quantitative estimate of drug-likeness (QED) is 0.440. The highest BCUT2D eigenvalue weighted by molar-refractivity contribution is 5.77. The Morgan fingerprint density at radius 1 is 1.09 bits per heavy atom. The van der Waals surface area contributed by atoms with E-state index in [4.69, 9.17) is 4.98 Å². The van der Waals surface area contributed by atoms with Crippen molar-refractivity contribution >= 4 is 28.5 Å². The van der Waals surface area contributed by atoms with E-state index in [2.05, 4.69) is 32.1 Å². The Balaban J connectivity index is 1.61. The minimum Gasteiger partial charge on any atom is -0.354 e. The molecule has 33 heavy (non-hydrogen) atoms. The molecule has 0 atom stereocenters. The van der Waals surface area contributed by atoms with Gasteiger partial charge in [0.25, 0.3) is 5.56 Å². The van der Waals surface area contributed by atoms with Gasteiger partial charge in [0.1, 0.15) is 17.0 Å². The van der Waals surface area contributed by atoms with Crippen LogP contribution in [-0.2, 0) is 6.54 Å². The summed E-state index contributed by atoms with van der Waals surface area (Å²) in [4.78, 5) is 29.0. The molecule has 0 spiro atoms. The predicted octanol–water partition coefficient (Wildman–Crippen LogP) is 2.46. The summed E-state index contributed by atoms with van der Waals surface area (Å²) in [5.74, 6) is 1.37. The number of anilines is 3. The van der Waals surface area contributed by atoms with Crippen LogP contribution in [0.2, 0.25) is 0 Å². The summed E-state index contributed by atoms with van der Waals surface area (Å²) in [6.45, 7) is 7.58. The van der Waals surface area contributed by atoms with Gasteiger partial charge in [-0.15, -0.1) is 6.58 Å². The molecule has 2 N–H and O–H groups in total. The number of fused-ring (bicyclic) bond motifs is 1. The number of benzene rings is 1. The van der Waals surface area contributed by atoms with Gasteiger partial charge in [0.15, 0.2) is 11.5 Å². The van der Waals surface area contributed by atoms with Gasteiger partial charge in [-0.2, -0.15) is 4.98 Å². The third-order valence-electron chi connectivity index (χ3n) is 5.46. The number of aromatic nitrogens is 5. The summed E-state index contributed by atoms with van der Waals surface area (Å²) in [5, 5.41) is 6.77. The van der Waals surface area contributed by atoms with E-state index in [0.717, 1.165) is 32.0 Å². The first-order chi connectivity index (χ1) is 16.1. The summed E-state index contributed by atoms with van der Waals surface area (Å²) >= 11 is 0. The van der Waals surface area contributed by atoms with E-state index < -0.39 is 0 Å². The molecule has 1 aliphatic heterocycles. The summed E-state index contributed by atoms with van der Waals surface area (Å²) in [6.07, 6.45) is 3.15. The highest BCUT2D eigenvalue weighted by Crippen LogP contribution is 2.20. The molecule has 0 aliphatic carbocycles. The van der Waals surface area contributed by atoms with E-state index in [-0.39, 0.29) is 23.9 Å². The molecule has 3 aromatic heterocycles. The molecule has 4 aromatic rings. The number of nitrogens with zero attached hydrogens (tertiary/aromatic N) is 6. The average Bonchev–Trinajstić information content (AvgIpc) is 3.12. The molecule has 9 nitrogen and oxygen atoms in total. The van der Waals surface area contributed by atoms with Gasteiger partial charge in [-0.05, 0) is 36.4 Å². The number of halogens is 1. The van der Waals surface area contributed by atoms with Crippen LogP contribution >= 0.6 is 0 Å². The lowest BCUT2D eigenvalue weighted by atomic mass is 10.3. The SMILES string of the molecule is C=CCn1c(=O)c2cnc(Nc3ccc(F)cc3)nc2n1-c1cccc(N2CCNCC2)n1. The van der Waals surface area contributed by atoms with Crippen LogP contribution in [0.4, 0.5) is 21.8 Å². The zero-order valence-electron chi connectivity index (χ0n) is 17.9. The number of pyridine rings is 1. The molecule has 0 bridgehead atoms. The molecule has 1 fully saturated rings. The lowest BCUT2D eigenvalue weighted by Gasteiger charge is -2.28. The van der Waals surface area contributed by atoms with Crippen LogP contribution in [0, 0.1) is 5.82 Å². The molecule has 5 rings (SSSR count). The Hall–Kier alpha value is -4.05. The summed E-state index contributed by atoms with van der Waals surface area (Å²) in [6, 6.07) is 11.6. The van der Waals surface area contributed by atoms with Crippen molar-refractivity contribution in [2.75, 3.05) is 36.4 Å². The Morgan fingerprint density at radius 2 is 1.85 bits per heavy atom. The van der Waals surface area contributed by atoms with Crippen LogP contribution in [0.25, 0.3) is 16.9 Å². The molecule has 10 heteroatoms. The molecule has 4 heterocycles. The van der Waals surface area contributed by atoms with Crippen molar-refractivity contribution in [1.29, 1.82) is 0 Å². The molecule has 0 unspecified atom stereocenters. The smallest absolute Gasteiger partial charge is 0.278 e. The van der Waals surface area contributed by atoms with Crippen LogP contribution in [0.15, 0.2) is 66.1 Å². The first-order valence-corrected chi connectivity index (χ1v) is 10.7. The third-order valence-corrected chi connectivity index (χ3v) is 5.46. The van der Waals surface area contributed by atoms with Crippen molar-refractivity contribution in [3.05, 3.63) is 77.5 Å². The Kier molecular flexibility index (Phi) is 5.57. The van der Waals surface area contributed by atoms with Gasteiger partial charge in [-0.3, -0.25) is 4.79 Å². The van der Waals surface area contributed by atoms with E-state index in [1.54, 1.807) is 22.9 Å². The van der Waals surface area contributed by atoms with E-state index in [1.165, 1.54) is 23.0 Å². The van der Waals surface area contributed by atoms with Crippen molar-refractivity contribution in [3.8, 4) is 5.82 Å². The molecule has 1 aliphatic rings. The topological polar surface area (TPSA) is 92.9 Å². The largest absolute Gasteiger partial charge is 0.354 e. The van der Waals surface area contributed by atoms with E-state index in [9.17, 15) is 9.18 Å². The highest BCUT2D eigenvalue weighted by Gasteiger charge is 2.19. The monoisotopic (exact) mass is 446 g/mol. The summed E-state index contributed by atoms with van der Waals surface area (Å²) < 4.78 is 16.5. The lowest BCUT2D eigenvalue weighted by molar-refractivity contribution is 0.578. The minimum atomic E-state index is -0.331. The van der Waals surface area contributed by atoms with E-state index in [1.807, 2.05) is 18.2 Å². The first kappa shape index (κ1) is 20.8. The number of allylic oxidation sites excluding steroid dienone is 1. The van der Waals surface area contributed by atoms with Gasteiger partial charge < -0.3 is 15.5 Å². The summed E-state index contributed by atoms with van der Waals surface area (Å²) in [5.41, 5.74) is 0.827. The first-order valence-electron chi connectivity index (χ1n) is 10.7. The van der Waals surface area contributed by atoms with Crippen LogP contribution in [0.3, 0.4) is 0 Å². The zero-order chi connectivity index (χ0) is 22.8. The van der Waals surface area contributed by atoms with Crippen molar-refractivity contribution in [3.63, 3.8) is 0 Å². The van der Waals surface area contributed by atoms with Gasteiger partial charge in [0.2, 0.25) is 5.95 Å². The van der Waals surface area contributed by atoms with Crippen molar-refractivity contribution in [1.82, 2.24) is 29.6 Å². The number of hydrogen-bond acceptors (Lipinski definition) is 7.